The fourth-order valence-electron chi connectivity index (χ4n) is 3.43. The average molecular weight is 357 g/mol. The van der Waals surface area contributed by atoms with Crippen LogP contribution in [0.5, 0.6) is 0 Å². The normalized spacial score (nSPS) is 17.5. The smallest absolute Gasteiger partial charge is 0.273 e. The number of nitrogens with one attached hydrogen (secondary N) is 1. The number of rotatable bonds is 3. The SMILES string of the molecule is CCc1[nH]n2c(=O)cc([C@H]3CCN(C(=O)c4cscn4)C3)nc2c1C. The van der Waals surface area contributed by atoms with Crippen molar-refractivity contribution in [1.29, 1.82) is 0 Å². The minimum Gasteiger partial charge on any atom is -0.337 e. The standard InChI is InChI=1S/C17H19N5O2S/c1-3-12-10(2)16-19-13(6-15(23)22(16)20-12)11-4-5-21(7-11)17(24)14-8-25-9-18-14/h6,8-9,11,20H,3-5,7H2,1-2H3/t11-/m0/s1. The Balaban J connectivity index is 1.63. The first-order valence-electron chi connectivity index (χ1n) is 8.37. The quantitative estimate of drug-likeness (QED) is 0.777. The monoisotopic (exact) mass is 357 g/mol. The molecule has 1 aliphatic rings. The highest BCUT2D eigenvalue weighted by atomic mass is 32.1. The van der Waals surface area contributed by atoms with E-state index in [0.29, 0.717) is 24.4 Å². The molecule has 1 fully saturated rings. The van der Waals surface area contributed by atoms with Gasteiger partial charge in [0.15, 0.2) is 5.65 Å². The largest absolute Gasteiger partial charge is 0.337 e. The molecule has 0 spiro atoms. The van der Waals surface area contributed by atoms with E-state index in [0.717, 1.165) is 29.8 Å². The number of carbonyl (C=O) groups is 1. The number of fused-ring (bicyclic) bond motifs is 1. The van der Waals surface area contributed by atoms with Gasteiger partial charge < -0.3 is 4.90 Å². The van der Waals surface area contributed by atoms with Gasteiger partial charge in [-0.05, 0) is 19.8 Å². The van der Waals surface area contributed by atoms with Gasteiger partial charge in [-0.3, -0.25) is 14.7 Å². The van der Waals surface area contributed by atoms with Crippen molar-refractivity contribution in [1.82, 2.24) is 24.5 Å². The summed E-state index contributed by atoms with van der Waals surface area (Å²) in [5.41, 5.74) is 5.53. The van der Waals surface area contributed by atoms with Crippen molar-refractivity contribution >= 4 is 22.9 Å². The molecule has 130 valence electrons. The van der Waals surface area contributed by atoms with Crippen molar-refractivity contribution in [3.63, 3.8) is 0 Å². The number of carbonyl (C=O) groups excluding carboxylic acids is 1. The summed E-state index contributed by atoms with van der Waals surface area (Å²) in [4.78, 5) is 35.5. The summed E-state index contributed by atoms with van der Waals surface area (Å²) in [6, 6.07) is 1.59. The maximum absolute atomic E-state index is 12.4. The predicted octanol–water partition coefficient (Wildman–Crippen LogP) is 1.98. The lowest BCUT2D eigenvalue weighted by atomic mass is 10.0. The maximum Gasteiger partial charge on any atom is 0.273 e. The van der Waals surface area contributed by atoms with Crippen LogP contribution in [0.15, 0.2) is 21.8 Å². The molecule has 0 aliphatic carbocycles. The first kappa shape index (κ1) is 16.0. The van der Waals surface area contributed by atoms with Crippen molar-refractivity contribution in [3.05, 3.63) is 50.0 Å². The number of amides is 1. The summed E-state index contributed by atoms with van der Waals surface area (Å²) in [5.74, 6) is 0.0345. The number of nitrogens with zero attached hydrogens (tertiary/aromatic N) is 4. The molecule has 4 heterocycles. The van der Waals surface area contributed by atoms with Crippen LogP contribution in [-0.4, -0.2) is 43.5 Å². The first-order valence-corrected chi connectivity index (χ1v) is 9.31. The maximum atomic E-state index is 12.4. The Kier molecular flexibility index (Phi) is 3.91. The third kappa shape index (κ3) is 2.66. The van der Waals surface area contributed by atoms with Gasteiger partial charge in [0.25, 0.3) is 11.5 Å². The number of hydrogen-bond donors (Lipinski definition) is 1. The van der Waals surface area contributed by atoms with Crippen LogP contribution in [0.4, 0.5) is 0 Å². The zero-order valence-electron chi connectivity index (χ0n) is 14.2. The van der Waals surface area contributed by atoms with Gasteiger partial charge in [0, 0.05) is 41.7 Å². The lowest BCUT2D eigenvalue weighted by molar-refractivity contribution is 0.0785. The fraction of sp³-hybridized carbons (Fsp3) is 0.412. The van der Waals surface area contributed by atoms with Gasteiger partial charge >= 0.3 is 0 Å². The summed E-state index contributed by atoms with van der Waals surface area (Å²) in [7, 11) is 0. The van der Waals surface area contributed by atoms with E-state index in [-0.39, 0.29) is 17.4 Å². The molecule has 25 heavy (non-hydrogen) atoms. The van der Waals surface area contributed by atoms with Gasteiger partial charge in [0.1, 0.15) is 5.69 Å². The zero-order valence-corrected chi connectivity index (χ0v) is 15.0. The van der Waals surface area contributed by atoms with Crippen molar-refractivity contribution in [2.24, 2.45) is 0 Å². The van der Waals surface area contributed by atoms with Crippen LogP contribution in [0.1, 0.15) is 46.7 Å². The molecule has 1 aliphatic heterocycles. The minimum absolute atomic E-state index is 0.0485. The second-order valence-electron chi connectivity index (χ2n) is 6.36. The molecule has 1 amide bonds. The highest BCUT2D eigenvalue weighted by Gasteiger charge is 2.30. The summed E-state index contributed by atoms with van der Waals surface area (Å²) in [6.45, 7) is 5.26. The summed E-state index contributed by atoms with van der Waals surface area (Å²) >= 11 is 1.41. The topological polar surface area (TPSA) is 83.4 Å². The number of thiazole rings is 1. The molecular weight excluding hydrogens is 338 g/mol. The molecule has 0 radical (unpaired) electrons. The second-order valence-corrected chi connectivity index (χ2v) is 7.08. The van der Waals surface area contributed by atoms with Gasteiger partial charge in [-0.25, -0.2) is 14.5 Å². The van der Waals surface area contributed by atoms with E-state index in [1.807, 2.05) is 13.8 Å². The predicted molar refractivity (Wildman–Crippen MR) is 95.3 cm³/mol. The molecule has 0 saturated carbocycles. The van der Waals surface area contributed by atoms with Gasteiger partial charge in [0.05, 0.1) is 11.2 Å². The molecule has 3 aromatic rings. The van der Waals surface area contributed by atoms with E-state index in [2.05, 4.69) is 10.1 Å². The van der Waals surface area contributed by atoms with E-state index in [1.54, 1.807) is 21.9 Å². The van der Waals surface area contributed by atoms with Gasteiger partial charge in [-0.2, -0.15) is 0 Å². The number of H-pyrrole nitrogens is 1. The molecule has 7 nitrogen and oxygen atoms in total. The van der Waals surface area contributed by atoms with Crippen LogP contribution in [0.25, 0.3) is 5.65 Å². The third-order valence-electron chi connectivity index (χ3n) is 4.87. The number of hydrogen-bond acceptors (Lipinski definition) is 5. The van der Waals surface area contributed by atoms with Crippen LogP contribution in [0.2, 0.25) is 0 Å². The third-order valence-corrected chi connectivity index (χ3v) is 5.46. The minimum atomic E-state index is -0.105. The Morgan fingerprint density at radius 2 is 2.32 bits per heavy atom. The highest BCUT2D eigenvalue weighted by Crippen LogP contribution is 2.27. The lowest BCUT2D eigenvalue weighted by Crippen LogP contribution is -2.29. The van der Waals surface area contributed by atoms with Crippen LogP contribution in [0.3, 0.4) is 0 Å². The van der Waals surface area contributed by atoms with E-state index < -0.39 is 0 Å². The Bertz CT molecular complexity index is 989. The van der Waals surface area contributed by atoms with Crippen molar-refractivity contribution < 1.29 is 4.79 Å². The van der Waals surface area contributed by atoms with Crippen molar-refractivity contribution in [2.45, 2.75) is 32.6 Å². The number of aromatic amines is 1. The van der Waals surface area contributed by atoms with Crippen LogP contribution >= 0.6 is 11.3 Å². The van der Waals surface area contributed by atoms with Crippen LogP contribution < -0.4 is 5.56 Å². The Hall–Kier alpha value is -2.48. The van der Waals surface area contributed by atoms with Crippen molar-refractivity contribution in [2.75, 3.05) is 13.1 Å². The highest BCUT2D eigenvalue weighted by molar-refractivity contribution is 7.07. The molecule has 0 aromatic carbocycles. The molecule has 1 saturated heterocycles. The summed E-state index contributed by atoms with van der Waals surface area (Å²) in [5, 5.41) is 4.88. The lowest BCUT2D eigenvalue weighted by Gasteiger charge is -2.15. The van der Waals surface area contributed by atoms with Crippen molar-refractivity contribution in [3.8, 4) is 0 Å². The number of likely N-dealkylation sites (tertiary alicyclic amines) is 1. The molecule has 1 atom stereocenters. The fourth-order valence-corrected chi connectivity index (χ4v) is 3.96. The van der Waals surface area contributed by atoms with Crippen LogP contribution in [0, 0.1) is 6.92 Å². The van der Waals surface area contributed by atoms with Gasteiger partial charge in [-0.15, -0.1) is 11.3 Å². The number of aryl methyl sites for hydroxylation is 2. The van der Waals surface area contributed by atoms with Gasteiger partial charge in [-0.1, -0.05) is 6.92 Å². The Labute approximate surface area is 148 Å². The van der Waals surface area contributed by atoms with E-state index in [4.69, 9.17) is 4.98 Å². The summed E-state index contributed by atoms with van der Waals surface area (Å²) < 4.78 is 1.50. The number of aromatic nitrogens is 4. The molecule has 1 N–H and O–H groups in total. The Morgan fingerprint density at radius 3 is 3.04 bits per heavy atom. The van der Waals surface area contributed by atoms with E-state index in [9.17, 15) is 9.59 Å². The molecule has 8 heteroatoms. The molecule has 0 bridgehead atoms. The summed E-state index contributed by atoms with van der Waals surface area (Å²) in [6.07, 6.45) is 1.63. The Morgan fingerprint density at radius 1 is 1.48 bits per heavy atom. The van der Waals surface area contributed by atoms with E-state index >= 15 is 0 Å². The molecule has 4 rings (SSSR count). The molecular formula is C17H19N5O2S. The zero-order chi connectivity index (χ0) is 17.6. The first-order chi connectivity index (χ1) is 12.1. The van der Waals surface area contributed by atoms with Gasteiger partial charge in [0.2, 0.25) is 0 Å². The molecule has 0 unspecified atom stereocenters. The van der Waals surface area contributed by atoms with E-state index in [1.165, 1.54) is 15.9 Å². The average Bonchev–Trinajstić information content (AvgIpc) is 3.35. The van der Waals surface area contributed by atoms with Crippen LogP contribution in [-0.2, 0) is 6.42 Å². The molecule has 3 aromatic heterocycles. The second kappa shape index (κ2) is 6.11.